The van der Waals surface area contributed by atoms with Gasteiger partial charge in [0.2, 0.25) is 0 Å². The lowest BCUT2D eigenvalue weighted by molar-refractivity contribution is 0.302. The number of hydrogen-bond donors (Lipinski definition) is 1. The summed E-state index contributed by atoms with van der Waals surface area (Å²) in [6.07, 6.45) is 3.64. The summed E-state index contributed by atoms with van der Waals surface area (Å²) in [6.45, 7) is 2.91. The second kappa shape index (κ2) is 5.10. The maximum absolute atomic E-state index is 5.86. The fourth-order valence-corrected chi connectivity index (χ4v) is 2.63. The molecule has 1 aliphatic rings. The summed E-state index contributed by atoms with van der Waals surface area (Å²) in [5, 5.41) is 0. The number of ether oxygens (including phenoxy) is 1. The molecule has 19 heavy (non-hydrogen) atoms. The fraction of sp³-hybridized carbons (Fsp3) is 0.375. The zero-order chi connectivity index (χ0) is 13.2. The first-order chi connectivity index (χ1) is 9.26. The van der Waals surface area contributed by atoms with Crippen LogP contribution < -0.4 is 10.5 Å². The maximum Gasteiger partial charge on any atom is 0.120 e. The minimum Gasteiger partial charge on any atom is -0.489 e. The molecule has 1 heterocycles. The molecule has 100 valence electrons. The molecule has 3 heteroatoms. The smallest absolute Gasteiger partial charge is 0.120 e. The Hall–Kier alpha value is -1.74. The van der Waals surface area contributed by atoms with Crippen molar-refractivity contribution in [2.75, 3.05) is 0 Å². The van der Waals surface area contributed by atoms with Crippen molar-refractivity contribution in [3.8, 4) is 5.75 Å². The van der Waals surface area contributed by atoms with Crippen molar-refractivity contribution in [2.24, 2.45) is 5.73 Å². The van der Waals surface area contributed by atoms with E-state index >= 15 is 0 Å². The van der Waals surface area contributed by atoms with E-state index in [0.717, 1.165) is 22.8 Å². The van der Waals surface area contributed by atoms with Gasteiger partial charge in [0.05, 0.1) is 6.54 Å². The first-order valence-electron chi connectivity index (χ1n) is 6.79. The molecule has 0 saturated carbocycles. The first-order valence-corrected chi connectivity index (χ1v) is 6.79. The van der Waals surface area contributed by atoms with Crippen LogP contribution in [-0.2, 0) is 26.0 Å². The van der Waals surface area contributed by atoms with Gasteiger partial charge in [0, 0.05) is 5.56 Å². The molecule has 1 aromatic heterocycles. The van der Waals surface area contributed by atoms with Gasteiger partial charge in [-0.3, -0.25) is 0 Å². The van der Waals surface area contributed by atoms with Crippen LogP contribution in [0, 0.1) is 6.92 Å². The lowest BCUT2D eigenvalue weighted by Crippen LogP contribution is -1.97. The molecule has 0 saturated heterocycles. The van der Waals surface area contributed by atoms with Crippen molar-refractivity contribution >= 4 is 0 Å². The molecule has 2 aromatic rings. The molecule has 3 rings (SSSR count). The Morgan fingerprint density at radius 3 is 2.84 bits per heavy atom. The molecule has 0 radical (unpaired) electrons. The highest BCUT2D eigenvalue weighted by Crippen LogP contribution is 2.26. The Bertz CT molecular complexity index is 586. The number of hydrogen-bond acceptors (Lipinski definition) is 3. The molecule has 0 unspecified atom stereocenters. The highest BCUT2D eigenvalue weighted by atomic mass is 16.5. The third-order valence-corrected chi connectivity index (χ3v) is 3.74. The quantitative estimate of drug-likeness (QED) is 0.915. The van der Waals surface area contributed by atoms with Crippen LogP contribution in [0.25, 0.3) is 0 Å². The second-order valence-corrected chi connectivity index (χ2v) is 5.07. The number of rotatable bonds is 4. The molecular formula is C16H19NO2. The Balaban J connectivity index is 1.70. The van der Waals surface area contributed by atoms with Gasteiger partial charge in [-0.05, 0) is 55.5 Å². The van der Waals surface area contributed by atoms with Crippen LogP contribution in [-0.4, -0.2) is 0 Å². The summed E-state index contributed by atoms with van der Waals surface area (Å²) in [7, 11) is 0. The van der Waals surface area contributed by atoms with Gasteiger partial charge in [0.1, 0.15) is 23.9 Å². The van der Waals surface area contributed by atoms with Gasteiger partial charge in [0.15, 0.2) is 0 Å². The third kappa shape index (κ3) is 2.51. The average Bonchev–Trinajstić information content (AvgIpc) is 3.02. The molecule has 2 N–H and O–H groups in total. The average molecular weight is 257 g/mol. The van der Waals surface area contributed by atoms with Crippen molar-refractivity contribution < 1.29 is 9.15 Å². The molecule has 0 bridgehead atoms. The number of aryl methyl sites for hydroxylation is 3. The predicted molar refractivity (Wildman–Crippen MR) is 74.1 cm³/mol. The van der Waals surface area contributed by atoms with Crippen LogP contribution in [0.1, 0.15) is 34.6 Å². The lowest BCUT2D eigenvalue weighted by Gasteiger charge is -2.07. The van der Waals surface area contributed by atoms with E-state index in [1.165, 1.54) is 30.4 Å². The minimum atomic E-state index is 0.430. The van der Waals surface area contributed by atoms with Crippen molar-refractivity contribution in [2.45, 2.75) is 39.3 Å². The zero-order valence-electron chi connectivity index (χ0n) is 11.2. The molecule has 0 amide bonds. The van der Waals surface area contributed by atoms with Crippen LogP contribution in [0.15, 0.2) is 28.7 Å². The van der Waals surface area contributed by atoms with Crippen LogP contribution in [0.2, 0.25) is 0 Å². The number of nitrogens with two attached hydrogens (primary N) is 1. The minimum absolute atomic E-state index is 0.430. The van der Waals surface area contributed by atoms with Gasteiger partial charge >= 0.3 is 0 Å². The summed E-state index contributed by atoms with van der Waals surface area (Å²) in [6, 6.07) is 8.39. The molecule has 0 atom stereocenters. The molecule has 1 aromatic carbocycles. The first kappa shape index (κ1) is 12.3. The largest absolute Gasteiger partial charge is 0.489 e. The number of furan rings is 1. The molecule has 0 aliphatic heterocycles. The van der Waals surface area contributed by atoms with Crippen molar-refractivity contribution in [1.82, 2.24) is 0 Å². The second-order valence-electron chi connectivity index (χ2n) is 5.07. The Morgan fingerprint density at radius 1 is 1.21 bits per heavy atom. The normalized spacial score (nSPS) is 13.6. The van der Waals surface area contributed by atoms with E-state index in [-0.39, 0.29) is 0 Å². The maximum atomic E-state index is 5.86. The van der Waals surface area contributed by atoms with E-state index in [1.807, 2.05) is 13.0 Å². The summed E-state index contributed by atoms with van der Waals surface area (Å²) < 4.78 is 11.4. The monoisotopic (exact) mass is 257 g/mol. The summed E-state index contributed by atoms with van der Waals surface area (Å²) in [5.41, 5.74) is 9.54. The highest BCUT2D eigenvalue weighted by Gasteiger charge is 2.12. The number of fused-ring (bicyclic) bond motifs is 1. The Morgan fingerprint density at radius 2 is 2.05 bits per heavy atom. The van der Waals surface area contributed by atoms with Crippen LogP contribution in [0.5, 0.6) is 5.75 Å². The molecular weight excluding hydrogens is 238 g/mol. The third-order valence-electron chi connectivity index (χ3n) is 3.74. The van der Waals surface area contributed by atoms with Gasteiger partial charge in [-0.15, -0.1) is 0 Å². The number of benzene rings is 1. The summed E-state index contributed by atoms with van der Waals surface area (Å²) in [5.74, 6) is 2.64. The van der Waals surface area contributed by atoms with E-state index in [9.17, 15) is 0 Å². The SMILES string of the molecule is Cc1oc(CN)cc1COc1ccc2c(c1)CCC2. The Labute approximate surface area is 113 Å². The van der Waals surface area contributed by atoms with Gasteiger partial charge in [-0.25, -0.2) is 0 Å². The van der Waals surface area contributed by atoms with Crippen molar-refractivity contribution in [1.29, 1.82) is 0 Å². The Kier molecular flexibility index (Phi) is 3.30. The summed E-state index contributed by atoms with van der Waals surface area (Å²) in [4.78, 5) is 0. The van der Waals surface area contributed by atoms with E-state index in [4.69, 9.17) is 14.9 Å². The van der Waals surface area contributed by atoms with Crippen LogP contribution >= 0.6 is 0 Å². The van der Waals surface area contributed by atoms with Gasteiger partial charge in [0.25, 0.3) is 0 Å². The molecule has 0 spiro atoms. The van der Waals surface area contributed by atoms with Crippen molar-refractivity contribution in [3.63, 3.8) is 0 Å². The highest BCUT2D eigenvalue weighted by molar-refractivity contribution is 5.38. The molecule has 3 nitrogen and oxygen atoms in total. The van der Waals surface area contributed by atoms with Crippen LogP contribution in [0.4, 0.5) is 0 Å². The van der Waals surface area contributed by atoms with Gasteiger partial charge in [-0.2, -0.15) is 0 Å². The standard InChI is InChI=1S/C16H19NO2/c1-11-14(8-16(9-17)19-11)10-18-15-6-5-12-3-2-4-13(12)7-15/h5-8H,2-4,9-10,17H2,1H3. The lowest BCUT2D eigenvalue weighted by atomic mass is 10.1. The topological polar surface area (TPSA) is 48.4 Å². The van der Waals surface area contributed by atoms with E-state index in [0.29, 0.717) is 13.2 Å². The summed E-state index contributed by atoms with van der Waals surface area (Å²) >= 11 is 0. The fourth-order valence-electron chi connectivity index (χ4n) is 2.63. The zero-order valence-corrected chi connectivity index (χ0v) is 11.2. The predicted octanol–water partition coefficient (Wildman–Crippen LogP) is 3.11. The van der Waals surface area contributed by atoms with E-state index in [2.05, 4.69) is 18.2 Å². The van der Waals surface area contributed by atoms with Crippen molar-refractivity contribution in [3.05, 3.63) is 52.5 Å². The molecule has 0 fully saturated rings. The molecule has 1 aliphatic carbocycles. The van der Waals surface area contributed by atoms with Gasteiger partial charge in [-0.1, -0.05) is 6.07 Å². The van der Waals surface area contributed by atoms with Gasteiger partial charge < -0.3 is 14.9 Å². The van der Waals surface area contributed by atoms with Crippen LogP contribution in [0.3, 0.4) is 0 Å². The van der Waals surface area contributed by atoms with E-state index < -0.39 is 0 Å². The van der Waals surface area contributed by atoms with E-state index in [1.54, 1.807) is 0 Å².